The fourth-order valence-electron chi connectivity index (χ4n) is 1.60. The number of urea groups is 1. The van der Waals surface area contributed by atoms with Gasteiger partial charge in [-0.25, -0.2) is 4.79 Å². The molecule has 2 amide bonds. The fourth-order valence-corrected chi connectivity index (χ4v) is 1.60. The van der Waals surface area contributed by atoms with E-state index >= 15 is 0 Å². The second-order valence-electron chi connectivity index (χ2n) is 4.58. The number of hydrogen-bond acceptors (Lipinski definition) is 1. The number of carbonyl (C=O) groups excluding carboxylic acids is 1. The average molecular weight is 182 g/mol. The molecule has 3 heteroatoms. The number of amides is 2. The first kappa shape index (κ1) is 8.85. The fraction of sp³-hybridized carbons (Fsp3) is 0.900. The molecule has 2 aliphatic carbocycles. The number of hydrogen-bond donors (Lipinski definition) is 1. The van der Waals surface area contributed by atoms with Crippen LogP contribution in [0.15, 0.2) is 0 Å². The second-order valence-corrected chi connectivity index (χ2v) is 4.58. The van der Waals surface area contributed by atoms with Gasteiger partial charge in [0.05, 0.1) is 0 Å². The van der Waals surface area contributed by atoms with Gasteiger partial charge in [-0.2, -0.15) is 0 Å². The molecule has 0 heterocycles. The highest BCUT2D eigenvalue weighted by Gasteiger charge is 2.34. The van der Waals surface area contributed by atoms with E-state index in [4.69, 9.17) is 0 Å². The van der Waals surface area contributed by atoms with Gasteiger partial charge in [-0.3, -0.25) is 0 Å². The number of carbonyl (C=O) groups is 1. The Labute approximate surface area is 79.5 Å². The van der Waals surface area contributed by atoms with Crippen LogP contribution < -0.4 is 5.32 Å². The molecule has 2 unspecified atom stereocenters. The average Bonchev–Trinajstić information content (AvgIpc) is 2.93. The highest BCUT2D eigenvalue weighted by molar-refractivity contribution is 5.74. The molecule has 0 aromatic rings. The summed E-state index contributed by atoms with van der Waals surface area (Å²) < 4.78 is 0. The summed E-state index contributed by atoms with van der Waals surface area (Å²) in [6.45, 7) is 3.18. The Bertz CT molecular complexity index is 213. The predicted molar refractivity (Wildman–Crippen MR) is 51.5 cm³/mol. The molecule has 0 bridgehead atoms. The van der Waals surface area contributed by atoms with Crippen molar-refractivity contribution >= 4 is 6.03 Å². The third-order valence-electron chi connectivity index (χ3n) is 3.04. The molecule has 1 N–H and O–H groups in total. The summed E-state index contributed by atoms with van der Waals surface area (Å²) in [5.74, 6) is 1.59. The van der Waals surface area contributed by atoms with E-state index in [1.165, 1.54) is 19.3 Å². The topological polar surface area (TPSA) is 32.3 Å². The molecule has 2 rings (SSSR count). The van der Waals surface area contributed by atoms with Crippen LogP contribution in [0.25, 0.3) is 0 Å². The van der Waals surface area contributed by atoms with Crippen LogP contribution in [0.1, 0.15) is 26.2 Å². The lowest BCUT2D eigenvalue weighted by molar-refractivity contribution is 0.206. The lowest BCUT2D eigenvalue weighted by atomic mass is 10.3. The summed E-state index contributed by atoms with van der Waals surface area (Å²) in [5, 5.41) is 2.99. The van der Waals surface area contributed by atoms with Crippen LogP contribution in [0.5, 0.6) is 0 Å². The van der Waals surface area contributed by atoms with E-state index in [1.807, 2.05) is 11.9 Å². The Morgan fingerprint density at radius 1 is 1.54 bits per heavy atom. The van der Waals surface area contributed by atoms with Gasteiger partial charge in [0.2, 0.25) is 0 Å². The zero-order valence-corrected chi connectivity index (χ0v) is 8.42. The summed E-state index contributed by atoms with van der Waals surface area (Å²) in [4.78, 5) is 13.3. The van der Waals surface area contributed by atoms with E-state index < -0.39 is 0 Å². The Kier molecular flexibility index (Phi) is 2.18. The van der Waals surface area contributed by atoms with E-state index in [1.54, 1.807) is 0 Å². The molecule has 0 spiro atoms. The van der Waals surface area contributed by atoms with Gasteiger partial charge in [0, 0.05) is 19.6 Å². The van der Waals surface area contributed by atoms with Gasteiger partial charge in [0.25, 0.3) is 0 Å². The molecule has 0 saturated heterocycles. The van der Waals surface area contributed by atoms with E-state index in [2.05, 4.69) is 12.2 Å². The van der Waals surface area contributed by atoms with Crippen molar-refractivity contribution in [2.45, 2.75) is 32.2 Å². The molecular weight excluding hydrogens is 164 g/mol. The zero-order chi connectivity index (χ0) is 9.42. The number of nitrogens with one attached hydrogen (secondary N) is 1. The van der Waals surface area contributed by atoms with Crippen molar-refractivity contribution in [1.82, 2.24) is 10.2 Å². The molecule has 2 aliphatic rings. The maximum atomic E-state index is 11.5. The summed E-state index contributed by atoms with van der Waals surface area (Å²) >= 11 is 0. The van der Waals surface area contributed by atoms with Crippen LogP contribution in [0.3, 0.4) is 0 Å². The lowest BCUT2D eigenvalue weighted by Crippen LogP contribution is -2.39. The third-order valence-corrected chi connectivity index (χ3v) is 3.04. The quantitative estimate of drug-likeness (QED) is 0.704. The standard InChI is InChI=1S/C10H18N2O/c1-7-5-8(7)6-12(2)10(13)11-9-3-4-9/h7-9H,3-6H2,1-2H3,(H,11,13). The van der Waals surface area contributed by atoms with Crippen molar-refractivity contribution in [3.05, 3.63) is 0 Å². The van der Waals surface area contributed by atoms with Gasteiger partial charge < -0.3 is 10.2 Å². The van der Waals surface area contributed by atoms with Crippen LogP contribution in [0.4, 0.5) is 4.79 Å². The molecule has 0 radical (unpaired) electrons. The van der Waals surface area contributed by atoms with E-state index in [-0.39, 0.29) is 6.03 Å². The summed E-state index contributed by atoms with van der Waals surface area (Å²) in [7, 11) is 1.89. The largest absolute Gasteiger partial charge is 0.335 e. The Hall–Kier alpha value is -0.730. The van der Waals surface area contributed by atoms with Crippen LogP contribution in [0, 0.1) is 11.8 Å². The molecule has 13 heavy (non-hydrogen) atoms. The molecule has 0 aromatic heterocycles. The first-order valence-electron chi connectivity index (χ1n) is 5.18. The van der Waals surface area contributed by atoms with Crippen molar-refractivity contribution in [2.24, 2.45) is 11.8 Å². The number of rotatable bonds is 3. The minimum Gasteiger partial charge on any atom is -0.335 e. The lowest BCUT2D eigenvalue weighted by Gasteiger charge is -2.17. The van der Waals surface area contributed by atoms with E-state index in [0.717, 1.165) is 18.4 Å². The Morgan fingerprint density at radius 3 is 2.62 bits per heavy atom. The van der Waals surface area contributed by atoms with Crippen LogP contribution >= 0.6 is 0 Å². The van der Waals surface area contributed by atoms with Crippen molar-refractivity contribution < 1.29 is 4.79 Å². The summed E-state index contributed by atoms with van der Waals surface area (Å²) in [5.41, 5.74) is 0. The van der Waals surface area contributed by atoms with Gasteiger partial charge in [-0.15, -0.1) is 0 Å². The van der Waals surface area contributed by atoms with E-state index in [9.17, 15) is 4.79 Å². The molecular formula is C10H18N2O. The predicted octanol–water partition coefficient (Wildman–Crippen LogP) is 1.45. The molecule has 0 aromatic carbocycles. The molecule has 0 aliphatic heterocycles. The maximum Gasteiger partial charge on any atom is 0.317 e. The molecule has 2 atom stereocenters. The molecule has 3 nitrogen and oxygen atoms in total. The second kappa shape index (κ2) is 3.20. The zero-order valence-electron chi connectivity index (χ0n) is 8.42. The summed E-state index contributed by atoms with van der Waals surface area (Å²) in [6.07, 6.45) is 3.62. The van der Waals surface area contributed by atoms with Gasteiger partial charge in [-0.1, -0.05) is 6.92 Å². The van der Waals surface area contributed by atoms with Gasteiger partial charge >= 0.3 is 6.03 Å². The minimum absolute atomic E-state index is 0.113. The van der Waals surface area contributed by atoms with Gasteiger partial charge in [-0.05, 0) is 31.1 Å². The number of nitrogens with zero attached hydrogens (tertiary/aromatic N) is 1. The smallest absolute Gasteiger partial charge is 0.317 e. The van der Waals surface area contributed by atoms with Crippen LogP contribution in [-0.2, 0) is 0 Å². The van der Waals surface area contributed by atoms with Gasteiger partial charge in [0.15, 0.2) is 0 Å². The SMILES string of the molecule is CC1CC1CN(C)C(=O)NC1CC1. The van der Waals surface area contributed by atoms with Crippen LogP contribution in [0.2, 0.25) is 0 Å². The molecule has 2 saturated carbocycles. The highest BCUT2D eigenvalue weighted by atomic mass is 16.2. The monoisotopic (exact) mass is 182 g/mol. The van der Waals surface area contributed by atoms with E-state index in [0.29, 0.717) is 6.04 Å². The Morgan fingerprint density at radius 2 is 2.15 bits per heavy atom. The maximum absolute atomic E-state index is 11.5. The van der Waals surface area contributed by atoms with Crippen LogP contribution in [-0.4, -0.2) is 30.6 Å². The van der Waals surface area contributed by atoms with Crippen molar-refractivity contribution in [3.8, 4) is 0 Å². The van der Waals surface area contributed by atoms with Crippen molar-refractivity contribution in [1.29, 1.82) is 0 Å². The third kappa shape index (κ3) is 2.36. The normalized spacial score (nSPS) is 31.2. The van der Waals surface area contributed by atoms with Crippen molar-refractivity contribution in [2.75, 3.05) is 13.6 Å². The highest BCUT2D eigenvalue weighted by Crippen LogP contribution is 2.37. The molecule has 2 fully saturated rings. The molecule has 74 valence electrons. The van der Waals surface area contributed by atoms with Crippen molar-refractivity contribution in [3.63, 3.8) is 0 Å². The first-order valence-corrected chi connectivity index (χ1v) is 5.18. The first-order chi connectivity index (χ1) is 6.16. The minimum atomic E-state index is 0.113. The Balaban J connectivity index is 1.68. The van der Waals surface area contributed by atoms with Gasteiger partial charge in [0.1, 0.15) is 0 Å². The summed E-state index contributed by atoms with van der Waals surface area (Å²) in [6, 6.07) is 0.591.